The predicted molar refractivity (Wildman–Crippen MR) is 138 cm³/mol. The number of anilines is 1. The third-order valence-electron chi connectivity index (χ3n) is 5.56. The lowest BCUT2D eigenvalue weighted by atomic mass is 10.1. The summed E-state index contributed by atoms with van der Waals surface area (Å²) in [5, 5.41) is 3.45. The van der Waals surface area contributed by atoms with E-state index < -0.39 is 10.8 Å². The summed E-state index contributed by atoms with van der Waals surface area (Å²) in [6.45, 7) is 5.17. The number of rotatable bonds is 8. The van der Waals surface area contributed by atoms with Crippen LogP contribution in [0.1, 0.15) is 46.5 Å². The Balaban J connectivity index is 1.67. The van der Waals surface area contributed by atoms with Crippen LogP contribution in [0.15, 0.2) is 76.5 Å². The predicted octanol–water partition coefficient (Wildman–Crippen LogP) is 5.21. The van der Waals surface area contributed by atoms with Gasteiger partial charge in [-0.15, -0.1) is 0 Å². The lowest BCUT2D eigenvalue weighted by Crippen LogP contribution is -2.31. The lowest BCUT2D eigenvalue weighted by molar-refractivity contribution is 0.0757. The molecule has 1 unspecified atom stereocenters. The van der Waals surface area contributed by atoms with Crippen LogP contribution in [-0.2, 0) is 22.1 Å². The number of ether oxygens (including phenoxy) is 1. The molecule has 4 rings (SSSR count). The van der Waals surface area contributed by atoms with Crippen molar-refractivity contribution in [2.75, 3.05) is 18.1 Å². The fourth-order valence-corrected chi connectivity index (χ4v) is 5.43. The van der Waals surface area contributed by atoms with Gasteiger partial charge in [0.05, 0.1) is 44.5 Å². The smallest absolute Gasteiger partial charge is 0.259 e. The van der Waals surface area contributed by atoms with Gasteiger partial charge in [-0.3, -0.25) is 9.59 Å². The molecule has 1 aliphatic rings. The largest absolute Gasteiger partial charge is 0.379 e. The summed E-state index contributed by atoms with van der Waals surface area (Å²) >= 11 is 6.18. The highest BCUT2D eigenvalue weighted by molar-refractivity contribution is 7.85. The molecule has 6 nitrogen and oxygen atoms in total. The van der Waals surface area contributed by atoms with Gasteiger partial charge in [-0.2, -0.15) is 0 Å². The summed E-state index contributed by atoms with van der Waals surface area (Å²) in [5.41, 5.74) is 2.03. The molecule has 0 saturated heterocycles. The summed E-state index contributed by atoms with van der Waals surface area (Å²) in [6, 6.07) is 19.1. The average molecular weight is 511 g/mol. The molecule has 1 atom stereocenters. The molecular formula is C27H27ClN2O4S. The minimum atomic E-state index is -1.58. The van der Waals surface area contributed by atoms with Crippen LogP contribution in [0, 0.1) is 0 Å². The average Bonchev–Trinajstić information content (AvgIpc) is 2.93. The van der Waals surface area contributed by atoms with Gasteiger partial charge in [0, 0.05) is 23.7 Å². The molecule has 0 aliphatic carbocycles. The molecule has 0 saturated carbocycles. The Labute approximate surface area is 212 Å². The first kappa shape index (κ1) is 25.1. The minimum Gasteiger partial charge on any atom is -0.379 e. The molecule has 1 aliphatic heterocycles. The quantitative estimate of drug-likeness (QED) is 0.422. The number of fused-ring (bicyclic) bond motifs is 2. The van der Waals surface area contributed by atoms with Crippen LogP contribution < -0.4 is 10.2 Å². The van der Waals surface area contributed by atoms with Crippen LogP contribution in [0.2, 0.25) is 5.02 Å². The maximum Gasteiger partial charge on any atom is 0.259 e. The molecule has 3 aromatic carbocycles. The van der Waals surface area contributed by atoms with Crippen LogP contribution in [0.25, 0.3) is 0 Å². The molecule has 35 heavy (non-hydrogen) atoms. The fraction of sp³-hybridized carbons (Fsp3) is 0.259. The lowest BCUT2D eigenvalue weighted by Gasteiger charge is -2.24. The van der Waals surface area contributed by atoms with Crippen LogP contribution in [-0.4, -0.2) is 35.3 Å². The second kappa shape index (κ2) is 11.2. The van der Waals surface area contributed by atoms with Crippen molar-refractivity contribution in [1.82, 2.24) is 5.32 Å². The molecule has 0 bridgehead atoms. The topological polar surface area (TPSA) is 75.7 Å². The first-order chi connectivity index (χ1) is 16.8. The van der Waals surface area contributed by atoms with E-state index in [4.69, 9.17) is 16.3 Å². The Morgan fingerprint density at radius 1 is 1.06 bits per heavy atom. The van der Waals surface area contributed by atoms with Crippen molar-refractivity contribution in [1.29, 1.82) is 0 Å². The third kappa shape index (κ3) is 5.81. The zero-order valence-electron chi connectivity index (χ0n) is 19.6. The van der Waals surface area contributed by atoms with Crippen LogP contribution in [0.3, 0.4) is 0 Å². The second-order valence-corrected chi connectivity index (χ2v) is 10.4. The van der Waals surface area contributed by atoms with E-state index in [9.17, 15) is 13.8 Å². The Morgan fingerprint density at radius 2 is 1.86 bits per heavy atom. The van der Waals surface area contributed by atoms with Crippen molar-refractivity contribution in [3.8, 4) is 0 Å². The van der Waals surface area contributed by atoms with Crippen LogP contribution in [0.5, 0.6) is 0 Å². The normalized spacial score (nSPS) is 14.9. The zero-order valence-corrected chi connectivity index (χ0v) is 21.2. The van der Waals surface area contributed by atoms with Crippen molar-refractivity contribution in [3.63, 3.8) is 0 Å². The monoisotopic (exact) mass is 510 g/mol. The standard InChI is InChI=1S/C27H27ClN2O4S/c1-18(2)34-14-6-13-29-26(31)20-11-12-25-23(16-20)30(17-19-7-5-8-21(28)15-19)27(32)22-9-3-4-10-24(22)35(25)33/h3-5,7-12,15-16,18H,6,13-14,17H2,1-2H3,(H,29,31). The van der Waals surface area contributed by atoms with Gasteiger partial charge in [-0.05, 0) is 68.3 Å². The summed E-state index contributed by atoms with van der Waals surface area (Å²) in [7, 11) is -1.58. The van der Waals surface area contributed by atoms with Crippen LogP contribution in [0.4, 0.5) is 5.69 Å². The minimum absolute atomic E-state index is 0.142. The van der Waals surface area contributed by atoms with E-state index >= 15 is 0 Å². The van der Waals surface area contributed by atoms with Crippen molar-refractivity contribution < 1.29 is 18.5 Å². The Morgan fingerprint density at radius 3 is 2.63 bits per heavy atom. The molecular weight excluding hydrogens is 484 g/mol. The summed E-state index contributed by atoms with van der Waals surface area (Å²) in [4.78, 5) is 29.0. The van der Waals surface area contributed by atoms with Gasteiger partial charge in [0.25, 0.3) is 11.8 Å². The molecule has 1 heterocycles. The number of halogens is 1. The summed E-state index contributed by atoms with van der Waals surface area (Å²) in [5.74, 6) is -0.545. The van der Waals surface area contributed by atoms with E-state index in [2.05, 4.69) is 5.32 Å². The number of nitrogens with one attached hydrogen (secondary N) is 1. The molecule has 182 valence electrons. The van der Waals surface area contributed by atoms with Gasteiger partial charge in [-0.25, -0.2) is 4.21 Å². The molecule has 1 N–H and O–H groups in total. The third-order valence-corrected chi connectivity index (χ3v) is 7.30. The van der Waals surface area contributed by atoms with E-state index in [0.29, 0.717) is 51.2 Å². The number of carbonyl (C=O) groups excluding carboxylic acids is 2. The van der Waals surface area contributed by atoms with Crippen molar-refractivity contribution >= 4 is 39.9 Å². The van der Waals surface area contributed by atoms with Gasteiger partial charge in [0.15, 0.2) is 0 Å². The highest BCUT2D eigenvalue weighted by Crippen LogP contribution is 2.36. The van der Waals surface area contributed by atoms with E-state index in [0.717, 1.165) is 5.56 Å². The Kier molecular flexibility index (Phi) is 8.00. The maximum absolute atomic E-state index is 13.7. The van der Waals surface area contributed by atoms with E-state index in [1.807, 2.05) is 26.0 Å². The van der Waals surface area contributed by atoms with Gasteiger partial charge >= 0.3 is 0 Å². The number of hydrogen-bond donors (Lipinski definition) is 1. The number of carbonyl (C=O) groups is 2. The van der Waals surface area contributed by atoms with E-state index in [-0.39, 0.29) is 24.5 Å². The number of amides is 2. The number of benzene rings is 3. The molecule has 2 amide bonds. The molecule has 8 heteroatoms. The summed E-state index contributed by atoms with van der Waals surface area (Å²) < 4.78 is 19.0. The zero-order chi connectivity index (χ0) is 24.9. The first-order valence-electron chi connectivity index (χ1n) is 11.5. The highest BCUT2D eigenvalue weighted by Gasteiger charge is 2.31. The van der Waals surface area contributed by atoms with E-state index in [1.165, 1.54) is 0 Å². The van der Waals surface area contributed by atoms with Gasteiger partial charge in [0.1, 0.15) is 0 Å². The Bertz CT molecular complexity index is 1280. The molecule has 0 aromatic heterocycles. The summed E-state index contributed by atoms with van der Waals surface area (Å²) in [6.07, 6.45) is 0.830. The maximum atomic E-state index is 13.7. The molecule has 3 aromatic rings. The highest BCUT2D eigenvalue weighted by atomic mass is 35.5. The number of nitrogens with zero attached hydrogens (tertiary/aromatic N) is 1. The van der Waals surface area contributed by atoms with Crippen molar-refractivity contribution in [2.24, 2.45) is 0 Å². The first-order valence-corrected chi connectivity index (χ1v) is 13.0. The molecule has 0 fully saturated rings. The van der Waals surface area contributed by atoms with Gasteiger partial charge in [0.2, 0.25) is 0 Å². The van der Waals surface area contributed by atoms with E-state index in [1.54, 1.807) is 59.5 Å². The fourth-order valence-electron chi connectivity index (χ4n) is 3.87. The van der Waals surface area contributed by atoms with Gasteiger partial charge in [-0.1, -0.05) is 35.9 Å². The van der Waals surface area contributed by atoms with Crippen molar-refractivity contribution in [3.05, 3.63) is 88.4 Å². The van der Waals surface area contributed by atoms with Gasteiger partial charge < -0.3 is 15.0 Å². The Hall–Kier alpha value is -3.00. The SMILES string of the molecule is CC(C)OCCCNC(=O)c1ccc2c(c1)N(Cc1cccc(Cl)c1)C(=O)c1ccccc1S2=O. The molecule has 0 spiro atoms. The second-order valence-electron chi connectivity index (χ2n) is 8.50. The molecule has 0 radical (unpaired) electrons. The van der Waals surface area contributed by atoms with Crippen LogP contribution >= 0.6 is 11.6 Å². The number of hydrogen-bond acceptors (Lipinski definition) is 4. The van der Waals surface area contributed by atoms with Crippen molar-refractivity contribution in [2.45, 2.75) is 42.7 Å².